The van der Waals surface area contributed by atoms with Crippen LogP contribution in [0.5, 0.6) is 5.75 Å². The van der Waals surface area contributed by atoms with Crippen molar-refractivity contribution in [3.05, 3.63) is 47.7 Å². The largest absolute Gasteiger partial charge is 0.497 e. The van der Waals surface area contributed by atoms with Crippen LogP contribution < -0.4 is 4.74 Å². The Bertz CT molecular complexity index is 569. The predicted octanol–water partition coefficient (Wildman–Crippen LogP) is 2.88. The fourth-order valence-electron chi connectivity index (χ4n) is 3.36. The highest BCUT2D eigenvalue weighted by molar-refractivity contribution is 5.81. The molecule has 2 aliphatic heterocycles. The first kappa shape index (κ1) is 13.2. The van der Waals surface area contributed by atoms with Crippen molar-refractivity contribution >= 4 is 5.78 Å². The van der Waals surface area contributed by atoms with E-state index in [9.17, 15) is 4.79 Å². The van der Waals surface area contributed by atoms with Crippen molar-refractivity contribution in [2.24, 2.45) is 0 Å². The summed E-state index contributed by atoms with van der Waals surface area (Å²) in [4.78, 5) is 14.5. The molecule has 3 rings (SSSR count). The molecule has 2 fully saturated rings. The average molecular weight is 269 g/mol. The number of Topliss-reactive ketones (excluding diaryl/α,β-unsaturated/α-hetero) is 1. The van der Waals surface area contributed by atoms with Gasteiger partial charge in [-0.2, -0.15) is 0 Å². The van der Waals surface area contributed by atoms with Gasteiger partial charge in [0.25, 0.3) is 0 Å². The van der Waals surface area contributed by atoms with Gasteiger partial charge in [-0.1, -0.05) is 18.7 Å². The molecule has 20 heavy (non-hydrogen) atoms. The zero-order chi connectivity index (χ0) is 14.1. The SMILES string of the molecule is C=C=C1CCN2[C@H]1CC(=O)C[C@H]2c1ccc(OC)cc1. The molecule has 3 nitrogen and oxygen atoms in total. The van der Waals surface area contributed by atoms with E-state index in [0.717, 1.165) is 18.7 Å². The number of carbonyl (C=O) groups excluding carboxylic acids is 1. The standard InChI is InChI=1S/C17H19NO2/c1-3-12-8-9-18-16(12)10-14(19)11-17(18)13-4-6-15(20-2)7-5-13/h4-7,16-17H,1,8-11H2,2H3/t16-,17-/m0/s1. The van der Waals surface area contributed by atoms with Gasteiger partial charge < -0.3 is 4.74 Å². The number of nitrogens with zero attached hydrogens (tertiary/aromatic N) is 1. The molecule has 0 N–H and O–H groups in total. The number of piperidine rings is 1. The third-order valence-corrected chi connectivity index (χ3v) is 4.41. The summed E-state index contributed by atoms with van der Waals surface area (Å²) in [7, 11) is 1.66. The molecule has 0 spiro atoms. The molecule has 0 aromatic heterocycles. The molecule has 104 valence electrons. The minimum Gasteiger partial charge on any atom is -0.497 e. The second-order valence-electron chi connectivity index (χ2n) is 5.44. The van der Waals surface area contributed by atoms with E-state index in [2.05, 4.69) is 29.3 Å². The van der Waals surface area contributed by atoms with E-state index < -0.39 is 0 Å². The highest BCUT2D eigenvalue weighted by atomic mass is 16.5. The lowest BCUT2D eigenvalue weighted by atomic mass is 9.89. The molecule has 0 radical (unpaired) electrons. The topological polar surface area (TPSA) is 29.5 Å². The fraction of sp³-hybridized carbons (Fsp3) is 0.412. The van der Waals surface area contributed by atoms with E-state index in [-0.39, 0.29) is 12.1 Å². The first-order valence-corrected chi connectivity index (χ1v) is 7.03. The molecule has 0 saturated carbocycles. The van der Waals surface area contributed by atoms with Crippen molar-refractivity contribution in [2.75, 3.05) is 13.7 Å². The van der Waals surface area contributed by atoms with Crippen molar-refractivity contribution in [1.82, 2.24) is 4.90 Å². The molecular weight excluding hydrogens is 250 g/mol. The van der Waals surface area contributed by atoms with Crippen molar-refractivity contribution in [3.63, 3.8) is 0 Å². The lowest BCUT2D eigenvalue weighted by molar-refractivity contribution is -0.124. The van der Waals surface area contributed by atoms with E-state index in [1.807, 2.05) is 12.1 Å². The summed E-state index contributed by atoms with van der Waals surface area (Å²) < 4.78 is 5.20. The Kier molecular flexibility index (Phi) is 3.47. The third kappa shape index (κ3) is 2.20. The highest BCUT2D eigenvalue weighted by Crippen LogP contribution is 2.40. The molecule has 0 amide bonds. The van der Waals surface area contributed by atoms with Crippen LogP contribution in [-0.2, 0) is 4.79 Å². The zero-order valence-corrected chi connectivity index (χ0v) is 11.8. The van der Waals surface area contributed by atoms with E-state index >= 15 is 0 Å². The first-order chi connectivity index (χ1) is 9.72. The van der Waals surface area contributed by atoms with Gasteiger partial charge in [0.05, 0.1) is 7.11 Å². The minimum atomic E-state index is 0.179. The molecule has 2 aliphatic rings. The molecule has 2 saturated heterocycles. The maximum Gasteiger partial charge on any atom is 0.136 e. The van der Waals surface area contributed by atoms with E-state index in [1.54, 1.807) is 7.11 Å². The Morgan fingerprint density at radius 1 is 1.25 bits per heavy atom. The van der Waals surface area contributed by atoms with Crippen LogP contribution in [0.3, 0.4) is 0 Å². The molecule has 3 heteroatoms. The Morgan fingerprint density at radius 2 is 1.95 bits per heavy atom. The van der Waals surface area contributed by atoms with Crippen molar-refractivity contribution in [2.45, 2.75) is 31.3 Å². The Balaban J connectivity index is 1.91. The summed E-state index contributed by atoms with van der Waals surface area (Å²) >= 11 is 0. The van der Waals surface area contributed by atoms with E-state index in [1.165, 1.54) is 11.1 Å². The summed E-state index contributed by atoms with van der Waals surface area (Å²) in [6.07, 6.45) is 2.20. The molecular formula is C17H19NO2. The molecule has 0 aliphatic carbocycles. The summed E-state index contributed by atoms with van der Waals surface area (Å²) in [5, 5.41) is 0. The number of rotatable bonds is 2. The number of benzene rings is 1. The molecule has 0 unspecified atom stereocenters. The lowest BCUT2D eigenvalue weighted by Crippen LogP contribution is -2.41. The van der Waals surface area contributed by atoms with Crippen LogP contribution >= 0.6 is 0 Å². The highest BCUT2D eigenvalue weighted by Gasteiger charge is 2.40. The Labute approximate surface area is 119 Å². The third-order valence-electron chi connectivity index (χ3n) is 4.41. The fourth-order valence-corrected chi connectivity index (χ4v) is 3.36. The van der Waals surface area contributed by atoms with Gasteiger partial charge in [-0.3, -0.25) is 9.69 Å². The molecule has 1 aromatic rings. The van der Waals surface area contributed by atoms with Crippen LogP contribution in [-0.4, -0.2) is 30.4 Å². The van der Waals surface area contributed by atoms with Crippen molar-refractivity contribution in [1.29, 1.82) is 0 Å². The predicted molar refractivity (Wildman–Crippen MR) is 77.7 cm³/mol. The molecule has 2 atom stereocenters. The Hall–Kier alpha value is -1.83. The van der Waals surface area contributed by atoms with Gasteiger partial charge in [0.15, 0.2) is 0 Å². The lowest BCUT2D eigenvalue weighted by Gasteiger charge is -2.37. The number of fused-ring (bicyclic) bond motifs is 1. The number of methoxy groups -OCH3 is 1. The zero-order valence-electron chi connectivity index (χ0n) is 11.8. The minimum absolute atomic E-state index is 0.179. The van der Waals surface area contributed by atoms with Crippen LogP contribution in [0, 0.1) is 0 Å². The van der Waals surface area contributed by atoms with Crippen molar-refractivity contribution < 1.29 is 9.53 Å². The van der Waals surface area contributed by atoms with Crippen LogP contribution in [0.2, 0.25) is 0 Å². The van der Waals surface area contributed by atoms with Crippen LogP contribution in [0.25, 0.3) is 0 Å². The van der Waals surface area contributed by atoms with E-state index in [0.29, 0.717) is 18.6 Å². The van der Waals surface area contributed by atoms with Crippen molar-refractivity contribution in [3.8, 4) is 5.75 Å². The van der Waals surface area contributed by atoms with E-state index in [4.69, 9.17) is 4.74 Å². The number of ether oxygens (including phenoxy) is 1. The molecule has 1 aromatic carbocycles. The maximum absolute atomic E-state index is 12.1. The first-order valence-electron chi connectivity index (χ1n) is 7.03. The summed E-state index contributed by atoms with van der Waals surface area (Å²) in [6.45, 7) is 4.76. The Morgan fingerprint density at radius 3 is 2.60 bits per heavy atom. The van der Waals surface area contributed by atoms with Crippen LogP contribution in [0.4, 0.5) is 0 Å². The van der Waals surface area contributed by atoms with Gasteiger partial charge in [-0.15, -0.1) is 5.73 Å². The van der Waals surface area contributed by atoms with Gasteiger partial charge >= 0.3 is 0 Å². The second kappa shape index (κ2) is 5.28. The summed E-state index contributed by atoms with van der Waals surface area (Å²) in [5.74, 6) is 1.18. The smallest absolute Gasteiger partial charge is 0.136 e. The number of ketones is 1. The summed E-state index contributed by atoms with van der Waals surface area (Å²) in [6, 6.07) is 8.44. The quantitative estimate of drug-likeness (QED) is 0.773. The number of hydrogen-bond donors (Lipinski definition) is 0. The van der Waals surface area contributed by atoms with Crippen LogP contribution in [0.15, 0.2) is 42.1 Å². The summed E-state index contributed by atoms with van der Waals surface area (Å²) in [5.41, 5.74) is 5.41. The average Bonchev–Trinajstić information content (AvgIpc) is 2.89. The van der Waals surface area contributed by atoms with Gasteiger partial charge in [-0.05, 0) is 29.7 Å². The maximum atomic E-state index is 12.1. The monoisotopic (exact) mass is 269 g/mol. The van der Waals surface area contributed by atoms with Gasteiger partial charge in [-0.25, -0.2) is 0 Å². The van der Waals surface area contributed by atoms with Crippen LogP contribution in [0.1, 0.15) is 30.9 Å². The molecule has 0 bridgehead atoms. The number of carbonyl (C=O) groups is 1. The molecule has 2 heterocycles. The van der Waals surface area contributed by atoms with Gasteiger partial charge in [0, 0.05) is 31.5 Å². The van der Waals surface area contributed by atoms with Gasteiger partial charge in [0.2, 0.25) is 0 Å². The number of hydrogen-bond acceptors (Lipinski definition) is 3. The van der Waals surface area contributed by atoms with Gasteiger partial charge in [0.1, 0.15) is 11.5 Å². The second-order valence-corrected chi connectivity index (χ2v) is 5.44. The normalized spacial score (nSPS) is 26.2.